The Morgan fingerprint density at radius 2 is 1.98 bits per heavy atom. The Morgan fingerprint density at radius 1 is 1.24 bits per heavy atom. The van der Waals surface area contributed by atoms with Crippen LogP contribution in [0.4, 0.5) is 10.3 Å². The zero-order valence-corrected chi connectivity index (χ0v) is 26.9. The highest BCUT2D eigenvalue weighted by molar-refractivity contribution is 7.52. The highest BCUT2D eigenvalue weighted by Crippen LogP contribution is 2.69. The molecule has 4 N–H and O–H groups in total. The molecule has 1 aliphatic heterocycles. The van der Waals surface area contributed by atoms with Crippen LogP contribution in [0.25, 0.3) is 21.9 Å². The van der Waals surface area contributed by atoms with Crippen LogP contribution in [0.2, 0.25) is 0 Å². The van der Waals surface area contributed by atoms with Crippen LogP contribution >= 0.6 is 7.75 Å². The number of nitrogens with zero attached hydrogens (tertiary/aromatic N) is 4. The van der Waals surface area contributed by atoms with Crippen molar-refractivity contribution in [2.24, 2.45) is 0 Å². The quantitative estimate of drug-likeness (QED) is 0.145. The Balaban J connectivity index is 1.30. The van der Waals surface area contributed by atoms with Gasteiger partial charge in [-0.25, -0.2) is 13.9 Å². The predicted octanol–water partition coefficient (Wildman–Crippen LogP) is 4.22. The summed E-state index contributed by atoms with van der Waals surface area (Å²) >= 11 is 0. The zero-order valence-electron chi connectivity index (χ0n) is 26.0. The monoisotopic (exact) mass is 658 g/mol. The van der Waals surface area contributed by atoms with E-state index in [1.165, 1.54) is 24.7 Å². The Kier molecular flexibility index (Phi) is 7.97. The molecule has 4 aromatic rings. The third kappa shape index (κ3) is 5.35. The zero-order chi connectivity index (χ0) is 33.1. The number of benzene rings is 2. The topological polar surface area (TPSA) is 182 Å². The summed E-state index contributed by atoms with van der Waals surface area (Å²) < 4.78 is 61.1. The Labute approximate surface area is 263 Å². The highest BCUT2D eigenvalue weighted by atomic mass is 31.2. The summed E-state index contributed by atoms with van der Waals surface area (Å²) in [5, 5.41) is 15.7. The first kappa shape index (κ1) is 32.1. The lowest BCUT2D eigenvalue weighted by Gasteiger charge is -2.28. The van der Waals surface area contributed by atoms with Gasteiger partial charge in [-0.05, 0) is 46.1 Å². The average Bonchev–Trinajstić information content (AvgIpc) is 3.31. The van der Waals surface area contributed by atoms with Gasteiger partial charge in [-0.3, -0.25) is 13.9 Å². The van der Waals surface area contributed by atoms with E-state index < -0.39 is 55.6 Å². The van der Waals surface area contributed by atoms with Gasteiger partial charge in [0.2, 0.25) is 11.8 Å². The third-order valence-electron chi connectivity index (χ3n) is 8.21. The number of aliphatic hydroxyl groups is 1. The predicted molar refractivity (Wildman–Crippen MR) is 165 cm³/mol. The summed E-state index contributed by atoms with van der Waals surface area (Å²) in [4.78, 5) is 25.2. The second-order valence-corrected chi connectivity index (χ2v) is 13.6. The van der Waals surface area contributed by atoms with Crippen LogP contribution in [0.5, 0.6) is 11.6 Å². The lowest BCUT2D eigenvalue weighted by Crippen LogP contribution is -2.43. The van der Waals surface area contributed by atoms with Crippen LogP contribution in [-0.2, 0) is 23.4 Å². The van der Waals surface area contributed by atoms with Gasteiger partial charge in [0.25, 0.3) is 0 Å². The molecule has 246 valence electrons. The first-order valence-electron chi connectivity index (χ1n) is 14.8. The second kappa shape index (κ2) is 11.4. The number of fused-ring (bicyclic) bond motifs is 3. The van der Waals surface area contributed by atoms with Crippen molar-refractivity contribution in [1.82, 2.24) is 24.6 Å². The number of ether oxygens (including phenoxy) is 3. The van der Waals surface area contributed by atoms with E-state index in [-0.39, 0.29) is 41.8 Å². The minimum atomic E-state index is -4.42. The molecular weight excluding hydrogens is 622 g/mol. The maximum Gasteiger partial charge on any atom is 0.459 e. The molecule has 2 aromatic heterocycles. The molecule has 6 rings (SSSR count). The van der Waals surface area contributed by atoms with E-state index >= 15 is 4.39 Å². The van der Waals surface area contributed by atoms with Gasteiger partial charge in [-0.15, -0.1) is 0 Å². The number of nitrogens with two attached hydrogens (primary N) is 1. The minimum absolute atomic E-state index is 0.118. The maximum absolute atomic E-state index is 16.6. The molecule has 6 atom stereocenters. The summed E-state index contributed by atoms with van der Waals surface area (Å²) in [7, 11) is -4.42. The average molecular weight is 659 g/mol. The van der Waals surface area contributed by atoms with Gasteiger partial charge in [0.15, 0.2) is 23.1 Å². The maximum atomic E-state index is 16.6. The van der Waals surface area contributed by atoms with Gasteiger partial charge in [0.05, 0.1) is 25.6 Å². The summed E-state index contributed by atoms with van der Waals surface area (Å²) in [6.45, 7) is 7.50. The summed E-state index contributed by atoms with van der Waals surface area (Å²) in [5.41, 5.74) is 0.173. The van der Waals surface area contributed by atoms with Gasteiger partial charge in [0.1, 0.15) is 23.0 Å². The molecule has 0 spiro atoms. The minimum Gasteiger partial charge on any atom is -0.476 e. The number of anilines is 1. The first-order valence-corrected chi connectivity index (χ1v) is 16.4. The van der Waals surface area contributed by atoms with Gasteiger partial charge in [-0.1, -0.05) is 36.4 Å². The highest BCUT2D eigenvalue weighted by Gasteiger charge is 2.85. The number of rotatable bonds is 12. The number of hydrogen-bond donors (Lipinski definition) is 3. The molecule has 1 aliphatic carbocycles. The molecule has 3 heterocycles. The second-order valence-electron chi connectivity index (χ2n) is 11.9. The Morgan fingerprint density at radius 3 is 2.72 bits per heavy atom. The van der Waals surface area contributed by atoms with Crippen molar-refractivity contribution < 1.29 is 42.1 Å². The largest absolute Gasteiger partial charge is 0.476 e. The standard InChI is InChI=1S/C30H36FN6O8P/c1-6-41-24-22-23(34-27(32)35-24)37(16-33-22)26-28(5,31)30(39)14-29(30,44-26)15-42-46(40,36-18(4)25(38)43-17(2)3)45-21-13-9-11-19-10-7-8-12-20(19)21/h7-13,16-18,26,39H,6,14-15H2,1-5H3,(H,36,40)(H2,32,34,35)/t18?,26-,28+,29-,30+,46?/m1/s1. The summed E-state index contributed by atoms with van der Waals surface area (Å²) in [6, 6.07) is 11.4. The van der Waals surface area contributed by atoms with E-state index in [0.29, 0.717) is 5.39 Å². The smallest absolute Gasteiger partial charge is 0.459 e. The van der Waals surface area contributed by atoms with Crippen LogP contribution in [0, 0.1) is 0 Å². The van der Waals surface area contributed by atoms with Gasteiger partial charge < -0.3 is 29.6 Å². The van der Waals surface area contributed by atoms with E-state index in [0.717, 1.165) is 5.39 Å². The fraction of sp³-hybridized carbons (Fsp3) is 0.467. The molecule has 14 nitrogen and oxygen atoms in total. The van der Waals surface area contributed by atoms with Crippen LogP contribution in [0.3, 0.4) is 0 Å². The van der Waals surface area contributed by atoms with Crippen molar-refractivity contribution in [3.63, 3.8) is 0 Å². The van der Waals surface area contributed by atoms with Crippen molar-refractivity contribution in [2.45, 2.75) is 76.3 Å². The molecule has 0 amide bonds. The number of imidazole rings is 1. The normalized spacial score (nSPS) is 27.3. The van der Waals surface area contributed by atoms with Crippen molar-refractivity contribution in [1.29, 1.82) is 0 Å². The molecule has 2 fully saturated rings. The summed E-state index contributed by atoms with van der Waals surface area (Å²) in [5.74, 6) is -0.475. The van der Waals surface area contributed by atoms with E-state index in [1.54, 1.807) is 45.0 Å². The van der Waals surface area contributed by atoms with Gasteiger partial charge in [-0.2, -0.15) is 15.1 Å². The van der Waals surface area contributed by atoms with Crippen molar-refractivity contribution in [3.05, 3.63) is 48.8 Å². The van der Waals surface area contributed by atoms with Crippen molar-refractivity contribution >= 4 is 41.6 Å². The number of carbonyl (C=O) groups excluding carboxylic acids is 1. The first-order chi connectivity index (χ1) is 21.7. The number of halogens is 1. The van der Waals surface area contributed by atoms with Crippen molar-refractivity contribution in [3.8, 4) is 11.6 Å². The molecule has 0 bridgehead atoms. The fourth-order valence-electron chi connectivity index (χ4n) is 5.80. The molecule has 2 aromatic carbocycles. The molecular formula is C30H36FN6O8P. The molecule has 46 heavy (non-hydrogen) atoms. The molecule has 1 saturated carbocycles. The number of carbonyl (C=O) groups is 1. The van der Waals surface area contributed by atoms with E-state index in [4.69, 9.17) is 29.0 Å². The number of esters is 1. The number of aromatic nitrogens is 4. The van der Waals surface area contributed by atoms with Gasteiger partial charge >= 0.3 is 13.7 Å². The van der Waals surface area contributed by atoms with Crippen LogP contribution in [0.1, 0.15) is 47.3 Å². The Bertz CT molecular complexity index is 1850. The number of hydrogen-bond acceptors (Lipinski definition) is 12. The number of nitrogens with one attached hydrogen (secondary N) is 1. The molecule has 16 heteroatoms. The fourth-order valence-corrected chi connectivity index (χ4v) is 7.36. The van der Waals surface area contributed by atoms with Gasteiger partial charge in [0, 0.05) is 11.8 Å². The van der Waals surface area contributed by atoms with E-state index in [1.807, 2.05) is 18.2 Å². The molecule has 2 aliphatic rings. The van der Waals surface area contributed by atoms with Crippen LogP contribution in [-0.4, -0.2) is 72.8 Å². The summed E-state index contributed by atoms with van der Waals surface area (Å²) in [6.07, 6.45) is -0.733. The van der Waals surface area contributed by atoms with E-state index in [2.05, 4.69) is 20.0 Å². The molecule has 2 unspecified atom stereocenters. The molecule has 0 radical (unpaired) electrons. The number of nitrogen functional groups attached to an aromatic ring is 1. The van der Waals surface area contributed by atoms with Crippen LogP contribution in [0.15, 0.2) is 48.8 Å². The third-order valence-corrected chi connectivity index (χ3v) is 9.82. The lowest BCUT2D eigenvalue weighted by atomic mass is 9.96. The van der Waals surface area contributed by atoms with Crippen LogP contribution < -0.4 is 20.1 Å². The van der Waals surface area contributed by atoms with E-state index in [9.17, 15) is 14.5 Å². The SMILES string of the molecule is CCOc1nc(N)nc2c1ncn2[C@@H]1O[C@@]2(COP(=O)(NC(C)C(=O)OC(C)C)Oc3cccc4ccccc34)C[C@]2(O)[C@@]1(C)F. The lowest BCUT2D eigenvalue weighted by molar-refractivity contribution is -0.149. The molecule has 1 saturated heterocycles. The van der Waals surface area contributed by atoms with Crippen molar-refractivity contribution in [2.75, 3.05) is 18.9 Å². The number of alkyl halides is 1. The Hall–Kier alpha value is -3.88.